The predicted molar refractivity (Wildman–Crippen MR) is 143 cm³/mol. The molecule has 4 N–H and O–H groups in total. The molecule has 0 radical (unpaired) electrons. The van der Waals surface area contributed by atoms with Crippen LogP contribution < -0.4 is 16.4 Å². The normalized spacial score (nSPS) is 21.4. The van der Waals surface area contributed by atoms with Crippen molar-refractivity contribution in [2.75, 3.05) is 30.0 Å². The fourth-order valence-corrected chi connectivity index (χ4v) is 6.34. The summed E-state index contributed by atoms with van der Waals surface area (Å²) in [5.41, 5.74) is 6.73. The Hall–Kier alpha value is -3.03. The molecule has 204 valence electrons. The minimum absolute atomic E-state index is 0.0163. The number of carbonyl (C=O) groups is 1. The Kier molecular flexibility index (Phi) is 7.43. The van der Waals surface area contributed by atoms with E-state index in [9.17, 15) is 17.6 Å². The maximum atomic E-state index is 14.6. The standard InChI is InChI=1S/C24H30ClFN8O3S/c1-38(36,37)33-11-9-15(10-12-33)29-23-28-13-19-22(32-23)34(16-7-5-14(6-8-16)21(27)35)24(30-19)31-20-17(25)3-2-4-18(20)26/h2-4,13-16H,5-12H2,1H3,(H2,27,35)(H,30,31)(H,28,29,32)/t14-,16-. The molecular formula is C24H30ClFN8O3S. The van der Waals surface area contributed by atoms with Gasteiger partial charge >= 0.3 is 0 Å². The van der Waals surface area contributed by atoms with Crippen molar-refractivity contribution in [3.8, 4) is 0 Å². The number of anilines is 3. The first-order valence-electron chi connectivity index (χ1n) is 12.6. The molecule has 1 aliphatic heterocycles. The SMILES string of the molecule is CS(=O)(=O)N1CCC(Nc2ncc3nc(Nc4c(F)cccc4Cl)n([C@H]4CC[C@H](C(N)=O)CC4)c3n2)CC1. The van der Waals surface area contributed by atoms with E-state index in [2.05, 4.69) is 20.6 Å². The highest BCUT2D eigenvalue weighted by atomic mass is 35.5. The number of piperidine rings is 1. The molecular weight excluding hydrogens is 535 g/mol. The Balaban J connectivity index is 1.45. The Bertz CT molecular complexity index is 1430. The van der Waals surface area contributed by atoms with E-state index in [0.717, 1.165) is 0 Å². The van der Waals surface area contributed by atoms with Gasteiger partial charge in [0.05, 0.1) is 23.2 Å². The molecule has 3 heterocycles. The van der Waals surface area contributed by atoms with Crippen LogP contribution in [0.15, 0.2) is 24.4 Å². The van der Waals surface area contributed by atoms with Crippen molar-refractivity contribution in [2.45, 2.75) is 50.6 Å². The summed E-state index contributed by atoms with van der Waals surface area (Å²) in [4.78, 5) is 25.6. The Morgan fingerprint density at radius 2 is 1.84 bits per heavy atom. The number of sulfonamides is 1. The monoisotopic (exact) mass is 564 g/mol. The van der Waals surface area contributed by atoms with Gasteiger partial charge in [-0.1, -0.05) is 17.7 Å². The second-order valence-corrected chi connectivity index (χ2v) is 12.3. The summed E-state index contributed by atoms with van der Waals surface area (Å²) < 4.78 is 41.7. The average molecular weight is 565 g/mol. The largest absolute Gasteiger partial charge is 0.369 e. The van der Waals surface area contributed by atoms with E-state index in [4.69, 9.17) is 22.3 Å². The molecule has 1 saturated carbocycles. The average Bonchev–Trinajstić information content (AvgIpc) is 3.23. The summed E-state index contributed by atoms with van der Waals surface area (Å²) in [6, 6.07) is 4.40. The zero-order chi connectivity index (χ0) is 27.0. The number of hydrogen-bond donors (Lipinski definition) is 3. The quantitative estimate of drug-likeness (QED) is 0.395. The molecule has 14 heteroatoms. The van der Waals surface area contributed by atoms with Gasteiger partial charge in [0.1, 0.15) is 11.3 Å². The summed E-state index contributed by atoms with van der Waals surface area (Å²) in [5.74, 6) is -0.211. The van der Waals surface area contributed by atoms with Crippen molar-refractivity contribution in [2.24, 2.45) is 11.7 Å². The summed E-state index contributed by atoms with van der Waals surface area (Å²) in [7, 11) is -3.22. The number of para-hydroxylation sites is 1. The van der Waals surface area contributed by atoms with Crippen LogP contribution in [0.2, 0.25) is 5.02 Å². The first-order valence-corrected chi connectivity index (χ1v) is 14.8. The lowest BCUT2D eigenvalue weighted by molar-refractivity contribution is -0.122. The maximum absolute atomic E-state index is 14.6. The van der Waals surface area contributed by atoms with Gasteiger partial charge in [-0.2, -0.15) is 4.98 Å². The molecule has 11 nitrogen and oxygen atoms in total. The van der Waals surface area contributed by atoms with Crippen LogP contribution in [0.3, 0.4) is 0 Å². The van der Waals surface area contributed by atoms with Crippen molar-refractivity contribution in [1.29, 1.82) is 0 Å². The number of imidazole rings is 1. The van der Waals surface area contributed by atoms with Gasteiger partial charge in [0.15, 0.2) is 5.65 Å². The van der Waals surface area contributed by atoms with Crippen LogP contribution in [-0.4, -0.2) is 63.5 Å². The van der Waals surface area contributed by atoms with E-state index < -0.39 is 15.8 Å². The highest BCUT2D eigenvalue weighted by Gasteiger charge is 2.30. The molecule has 0 atom stereocenters. The number of fused-ring (bicyclic) bond motifs is 1. The number of nitrogens with two attached hydrogens (primary N) is 1. The van der Waals surface area contributed by atoms with E-state index in [1.807, 2.05) is 4.57 Å². The van der Waals surface area contributed by atoms with Crippen molar-refractivity contribution >= 4 is 56.3 Å². The van der Waals surface area contributed by atoms with Crippen LogP contribution in [-0.2, 0) is 14.8 Å². The van der Waals surface area contributed by atoms with Crippen molar-refractivity contribution in [3.05, 3.63) is 35.2 Å². The van der Waals surface area contributed by atoms with Crippen LogP contribution in [0.4, 0.5) is 22.0 Å². The molecule has 1 saturated heterocycles. The molecule has 1 amide bonds. The number of nitrogens with zero attached hydrogens (tertiary/aromatic N) is 5. The first kappa shape index (κ1) is 26.6. The predicted octanol–water partition coefficient (Wildman–Crippen LogP) is 3.41. The summed E-state index contributed by atoms with van der Waals surface area (Å²) >= 11 is 6.27. The molecule has 3 aromatic rings. The van der Waals surface area contributed by atoms with Crippen molar-refractivity contribution in [3.63, 3.8) is 0 Å². The zero-order valence-corrected chi connectivity index (χ0v) is 22.5. The van der Waals surface area contributed by atoms with Gasteiger partial charge in [-0.05, 0) is 50.7 Å². The van der Waals surface area contributed by atoms with Gasteiger partial charge in [0.25, 0.3) is 0 Å². The molecule has 1 aliphatic carbocycles. The van der Waals surface area contributed by atoms with Crippen LogP contribution in [0.5, 0.6) is 0 Å². The van der Waals surface area contributed by atoms with E-state index >= 15 is 0 Å². The smallest absolute Gasteiger partial charge is 0.224 e. The topological polar surface area (TPSA) is 148 Å². The minimum Gasteiger partial charge on any atom is -0.369 e. The number of rotatable bonds is 7. The Morgan fingerprint density at radius 1 is 1.13 bits per heavy atom. The first-order chi connectivity index (χ1) is 18.1. The van der Waals surface area contributed by atoms with Crippen LogP contribution >= 0.6 is 11.6 Å². The summed E-state index contributed by atoms with van der Waals surface area (Å²) in [6.45, 7) is 0.856. The van der Waals surface area contributed by atoms with E-state index in [-0.39, 0.29) is 34.6 Å². The third-order valence-corrected chi connectivity index (χ3v) is 8.97. The number of benzene rings is 1. The van der Waals surface area contributed by atoms with Gasteiger partial charge < -0.3 is 16.4 Å². The second kappa shape index (κ2) is 10.6. The second-order valence-electron chi connectivity index (χ2n) is 9.92. The number of amides is 1. The number of hydrogen-bond acceptors (Lipinski definition) is 8. The Labute approximate surface area is 225 Å². The van der Waals surface area contributed by atoms with Crippen molar-refractivity contribution in [1.82, 2.24) is 23.8 Å². The van der Waals surface area contributed by atoms with E-state index in [0.29, 0.717) is 74.7 Å². The third-order valence-electron chi connectivity index (χ3n) is 7.35. The third kappa shape index (κ3) is 5.54. The highest BCUT2D eigenvalue weighted by molar-refractivity contribution is 7.88. The molecule has 38 heavy (non-hydrogen) atoms. The van der Waals surface area contributed by atoms with Crippen molar-refractivity contribution < 1.29 is 17.6 Å². The molecule has 0 bridgehead atoms. The molecule has 2 fully saturated rings. The van der Waals surface area contributed by atoms with Gasteiger partial charge in [0, 0.05) is 31.1 Å². The van der Waals surface area contributed by atoms with Crippen LogP contribution in [0.1, 0.15) is 44.6 Å². The number of nitrogens with one attached hydrogen (secondary N) is 2. The molecule has 2 aromatic heterocycles. The summed E-state index contributed by atoms with van der Waals surface area (Å²) in [6.07, 6.45) is 6.70. The van der Waals surface area contributed by atoms with Crippen LogP contribution in [0, 0.1) is 11.7 Å². The number of halogens is 2. The van der Waals surface area contributed by atoms with Gasteiger partial charge in [-0.15, -0.1) is 0 Å². The van der Waals surface area contributed by atoms with Gasteiger partial charge in [0.2, 0.25) is 27.8 Å². The van der Waals surface area contributed by atoms with Crippen LogP contribution in [0.25, 0.3) is 11.2 Å². The van der Waals surface area contributed by atoms with Gasteiger partial charge in [-0.3, -0.25) is 9.36 Å². The lowest BCUT2D eigenvalue weighted by Crippen LogP contribution is -2.42. The minimum atomic E-state index is -3.22. The molecule has 0 spiro atoms. The molecule has 1 aromatic carbocycles. The molecule has 0 unspecified atom stereocenters. The molecule has 2 aliphatic rings. The number of aromatic nitrogens is 4. The van der Waals surface area contributed by atoms with E-state index in [1.54, 1.807) is 12.3 Å². The highest BCUT2D eigenvalue weighted by Crippen LogP contribution is 2.38. The summed E-state index contributed by atoms with van der Waals surface area (Å²) in [5, 5.41) is 6.60. The zero-order valence-electron chi connectivity index (χ0n) is 20.9. The number of carbonyl (C=O) groups excluding carboxylic acids is 1. The number of primary amides is 1. The van der Waals surface area contributed by atoms with Gasteiger partial charge in [-0.25, -0.2) is 27.1 Å². The molecule has 5 rings (SSSR count). The fraction of sp³-hybridized carbons (Fsp3) is 0.500. The van der Waals surface area contributed by atoms with E-state index in [1.165, 1.54) is 22.7 Å². The fourth-order valence-electron chi connectivity index (χ4n) is 5.26. The lowest BCUT2D eigenvalue weighted by Gasteiger charge is -2.30. The Morgan fingerprint density at radius 3 is 2.47 bits per heavy atom. The lowest BCUT2D eigenvalue weighted by atomic mass is 9.85. The maximum Gasteiger partial charge on any atom is 0.224 e.